The van der Waals surface area contributed by atoms with Crippen LogP contribution in [0.1, 0.15) is 252 Å². The molecule has 0 heterocycles. The molecule has 362 valence electrons. The smallest absolute Gasteiger partial charge is 0.306 e. The Kier molecular flexibility index (Phi) is 48.9. The molecule has 6 heteroatoms. The average molecular weight is 879 g/mol. The second-order valence-electron chi connectivity index (χ2n) is 17.4. The minimum Gasteiger partial charge on any atom is -0.462 e. The lowest BCUT2D eigenvalue weighted by Gasteiger charge is -2.18. The number of carbonyl (C=O) groups excluding carboxylic acids is 3. The van der Waals surface area contributed by atoms with Gasteiger partial charge in [0.05, 0.1) is 0 Å². The zero-order chi connectivity index (χ0) is 45.8. The first-order valence-corrected chi connectivity index (χ1v) is 26.4. The van der Waals surface area contributed by atoms with E-state index in [0.717, 1.165) is 116 Å². The van der Waals surface area contributed by atoms with E-state index < -0.39 is 6.10 Å². The molecule has 0 fully saturated rings. The van der Waals surface area contributed by atoms with Crippen LogP contribution in [0.2, 0.25) is 0 Å². The van der Waals surface area contributed by atoms with E-state index in [4.69, 9.17) is 14.2 Å². The van der Waals surface area contributed by atoms with Crippen molar-refractivity contribution in [2.75, 3.05) is 13.2 Å². The third kappa shape index (κ3) is 49.7. The van der Waals surface area contributed by atoms with E-state index in [-0.39, 0.29) is 31.1 Å². The van der Waals surface area contributed by atoms with E-state index in [0.29, 0.717) is 19.3 Å². The van der Waals surface area contributed by atoms with Crippen LogP contribution < -0.4 is 0 Å². The van der Waals surface area contributed by atoms with Gasteiger partial charge in [-0.15, -0.1) is 0 Å². The van der Waals surface area contributed by atoms with Crippen LogP contribution in [0.4, 0.5) is 0 Å². The molecule has 0 aromatic heterocycles. The fourth-order valence-corrected chi connectivity index (χ4v) is 7.19. The van der Waals surface area contributed by atoms with Crippen molar-refractivity contribution in [3.63, 3.8) is 0 Å². The van der Waals surface area contributed by atoms with Crippen LogP contribution in [-0.4, -0.2) is 37.2 Å². The van der Waals surface area contributed by atoms with Gasteiger partial charge in [0.2, 0.25) is 0 Å². The largest absolute Gasteiger partial charge is 0.462 e. The summed E-state index contributed by atoms with van der Waals surface area (Å²) >= 11 is 0. The average Bonchev–Trinajstić information content (AvgIpc) is 3.28. The van der Waals surface area contributed by atoms with E-state index in [1.54, 1.807) is 0 Å². The molecule has 6 nitrogen and oxygen atoms in total. The van der Waals surface area contributed by atoms with Crippen LogP contribution in [0.25, 0.3) is 0 Å². The highest BCUT2D eigenvalue weighted by Gasteiger charge is 2.19. The highest BCUT2D eigenvalue weighted by molar-refractivity contribution is 5.71. The first-order valence-electron chi connectivity index (χ1n) is 26.4. The zero-order valence-corrected chi connectivity index (χ0v) is 41.3. The lowest BCUT2D eigenvalue weighted by Crippen LogP contribution is -2.30. The molecule has 0 aromatic carbocycles. The fourth-order valence-electron chi connectivity index (χ4n) is 7.19. The van der Waals surface area contributed by atoms with Crippen molar-refractivity contribution >= 4 is 17.9 Å². The van der Waals surface area contributed by atoms with Crippen molar-refractivity contribution in [3.8, 4) is 0 Å². The number of rotatable bonds is 47. The maximum absolute atomic E-state index is 12.8. The number of hydrogen-bond donors (Lipinski definition) is 0. The van der Waals surface area contributed by atoms with Gasteiger partial charge in [0.15, 0.2) is 6.10 Å². The number of esters is 3. The normalized spacial score (nSPS) is 12.6. The Hall–Kier alpha value is -3.15. The molecule has 0 aliphatic heterocycles. The molecule has 1 atom stereocenters. The summed E-state index contributed by atoms with van der Waals surface area (Å²) in [5.41, 5.74) is 0. The highest BCUT2D eigenvalue weighted by Crippen LogP contribution is 2.14. The Morgan fingerprint density at radius 3 is 1.02 bits per heavy atom. The summed E-state index contributed by atoms with van der Waals surface area (Å²) in [6.45, 7) is 6.46. The second kappa shape index (κ2) is 51.5. The van der Waals surface area contributed by atoms with E-state index in [1.165, 1.54) is 96.3 Å². The number of carbonyl (C=O) groups is 3. The van der Waals surface area contributed by atoms with E-state index >= 15 is 0 Å². The van der Waals surface area contributed by atoms with Crippen LogP contribution in [0.3, 0.4) is 0 Å². The Balaban J connectivity index is 4.42. The van der Waals surface area contributed by atoms with Gasteiger partial charge < -0.3 is 14.2 Å². The molecular formula is C57H98O6. The molecular weight excluding hydrogens is 781 g/mol. The third-order valence-electron chi connectivity index (χ3n) is 11.2. The van der Waals surface area contributed by atoms with Crippen molar-refractivity contribution in [2.45, 2.75) is 258 Å². The highest BCUT2D eigenvalue weighted by atomic mass is 16.6. The minimum absolute atomic E-state index is 0.0893. The Labute approximate surface area is 389 Å². The van der Waals surface area contributed by atoms with Gasteiger partial charge in [-0.2, -0.15) is 0 Å². The van der Waals surface area contributed by atoms with Crippen LogP contribution in [0, 0.1) is 0 Å². The van der Waals surface area contributed by atoms with Crippen molar-refractivity contribution in [3.05, 3.63) is 72.9 Å². The van der Waals surface area contributed by atoms with Gasteiger partial charge in [0.1, 0.15) is 13.2 Å². The molecule has 0 aromatic rings. The third-order valence-corrected chi connectivity index (χ3v) is 11.2. The second-order valence-corrected chi connectivity index (χ2v) is 17.4. The minimum atomic E-state index is -0.790. The molecule has 0 aliphatic carbocycles. The summed E-state index contributed by atoms with van der Waals surface area (Å²) in [6, 6.07) is 0. The quantitative estimate of drug-likeness (QED) is 0.0262. The SMILES string of the molecule is CC/C=C\C/C=C\C/C=C\CCCCCCCC(=O)OC(COC(=O)CCCCCCC/C=C\CCCCCC)COC(=O)CCCCCCCCC/C=C\C/C=C\CCCCC. The monoisotopic (exact) mass is 879 g/mol. The van der Waals surface area contributed by atoms with E-state index in [1.807, 2.05) is 0 Å². The first-order chi connectivity index (χ1) is 31.0. The summed E-state index contributed by atoms with van der Waals surface area (Å²) in [6.07, 6.45) is 64.5. The number of ether oxygens (including phenoxy) is 3. The van der Waals surface area contributed by atoms with E-state index in [9.17, 15) is 14.4 Å². The zero-order valence-electron chi connectivity index (χ0n) is 41.3. The van der Waals surface area contributed by atoms with Crippen LogP contribution in [0.15, 0.2) is 72.9 Å². The molecule has 1 unspecified atom stereocenters. The summed E-state index contributed by atoms with van der Waals surface area (Å²) in [5, 5.41) is 0. The predicted octanol–water partition coefficient (Wildman–Crippen LogP) is 17.4. The van der Waals surface area contributed by atoms with Crippen molar-refractivity contribution < 1.29 is 28.6 Å². The van der Waals surface area contributed by atoms with Gasteiger partial charge in [-0.05, 0) is 109 Å². The number of unbranched alkanes of at least 4 members (excludes halogenated alkanes) is 24. The molecule has 0 saturated carbocycles. The van der Waals surface area contributed by atoms with Crippen molar-refractivity contribution in [2.24, 2.45) is 0 Å². The molecule has 0 amide bonds. The van der Waals surface area contributed by atoms with Gasteiger partial charge in [0, 0.05) is 19.3 Å². The maximum Gasteiger partial charge on any atom is 0.306 e. The van der Waals surface area contributed by atoms with Gasteiger partial charge in [-0.25, -0.2) is 0 Å². The molecule has 0 saturated heterocycles. The standard InChI is InChI=1S/C57H98O6/c1-4-7-10-13-16-19-22-25-27-28-30-32-35-38-41-44-47-50-56(59)62-53-54(52-61-55(58)49-46-43-40-37-34-31-24-21-18-15-12-9-6-3)63-57(60)51-48-45-42-39-36-33-29-26-23-20-17-14-11-8-5-2/h8,11,16-17,19-21,24-27,29,54H,4-7,9-10,12-15,18,22-23,28,30-53H2,1-3H3/b11-8-,19-16-,20-17-,24-21-,27-25-,29-26-. The van der Waals surface area contributed by atoms with Crippen LogP contribution >= 0.6 is 0 Å². The molecule has 0 spiro atoms. The number of hydrogen-bond acceptors (Lipinski definition) is 6. The van der Waals surface area contributed by atoms with E-state index in [2.05, 4.69) is 93.7 Å². The first kappa shape index (κ1) is 59.9. The van der Waals surface area contributed by atoms with Gasteiger partial charge >= 0.3 is 17.9 Å². The van der Waals surface area contributed by atoms with Crippen LogP contribution in [-0.2, 0) is 28.6 Å². The molecule has 0 rings (SSSR count). The molecule has 0 aliphatic rings. The summed E-state index contributed by atoms with van der Waals surface area (Å²) in [4.78, 5) is 38.0. The van der Waals surface area contributed by atoms with Crippen molar-refractivity contribution in [1.29, 1.82) is 0 Å². The number of allylic oxidation sites excluding steroid dienone is 12. The van der Waals surface area contributed by atoms with Gasteiger partial charge in [-0.1, -0.05) is 196 Å². The molecule has 0 N–H and O–H groups in total. The molecule has 63 heavy (non-hydrogen) atoms. The summed E-state index contributed by atoms with van der Waals surface area (Å²) in [7, 11) is 0. The summed E-state index contributed by atoms with van der Waals surface area (Å²) in [5.74, 6) is -0.920. The fraction of sp³-hybridized carbons (Fsp3) is 0.737. The van der Waals surface area contributed by atoms with Gasteiger partial charge in [0.25, 0.3) is 0 Å². The lowest BCUT2D eigenvalue weighted by atomic mass is 10.1. The Morgan fingerprint density at radius 2 is 0.619 bits per heavy atom. The molecule has 0 bridgehead atoms. The Morgan fingerprint density at radius 1 is 0.333 bits per heavy atom. The van der Waals surface area contributed by atoms with Gasteiger partial charge in [-0.3, -0.25) is 14.4 Å². The Bertz CT molecular complexity index is 1190. The predicted molar refractivity (Wildman–Crippen MR) is 270 cm³/mol. The lowest BCUT2D eigenvalue weighted by molar-refractivity contribution is -0.167. The van der Waals surface area contributed by atoms with Crippen molar-refractivity contribution in [1.82, 2.24) is 0 Å². The maximum atomic E-state index is 12.8. The summed E-state index contributed by atoms with van der Waals surface area (Å²) < 4.78 is 16.8. The topological polar surface area (TPSA) is 78.9 Å². The van der Waals surface area contributed by atoms with Crippen LogP contribution in [0.5, 0.6) is 0 Å². The molecule has 0 radical (unpaired) electrons.